The fraction of sp³-hybridized carbons (Fsp3) is 0.417. The number of aromatic nitrogens is 2. The monoisotopic (exact) mass is 437 g/mol. The van der Waals surface area contributed by atoms with Gasteiger partial charge in [0.25, 0.3) is 5.56 Å². The van der Waals surface area contributed by atoms with E-state index in [0.717, 1.165) is 22.1 Å². The molecule has 0 bridgehead atoms. The normalized spacial score (nSPS) is 25.6. The van der Waals surface area contributed by atoms with Crippen LogP contribution in [0.5, 0.6) is 0 Å². The molecule has 1 aromatic carbocycles. The molecule has 32 heavy (non-hydrogen) atoms. The lowest BCUT2D eigenvalue weighted by molar-refractivity contribution is -0.236. The molecule has 6 rings (SSSR count). The highest BCUT2D eigenvalue weighted by molar-refractivity contribution is 5.92. The highest BCUT2D eigenvalue weighted by Crippen LogP contribution is 2.45. The summed E-state index contributed by atoms with van der Waals surface area (Å²) in [4.78, 5) is 18.2. The Morgan fingerprint density at radius 3 is 2.88 bits per heavy atom. The Balaban J connectivity index is 1.69. The lowest BCUT2D eigenvalue weighted by atomic mass is 9.82. The van der Waals surface area contributed by atoms with Crippen molar-refractivity contribution in [3.8, 4) is 11.4 Å². The molecule has 0 amide bonds. The van der Waals surface area contributed by atoms with Gasteiger partial charge in [0, 0.05) is 34.2 Å². The van der Waals surface area contributed by atoms with Crippen LogP contribution in [0.2, 0.25) is 0 Å². The maximum absolute atomic E-state index is 14.7. The van der Waals surface area contributed by atoms with E-state index >= 15 is 0 Å². The van der Waals surface area contributed by atoms with Crippen LogP contribution in [0.25, 0.3) is 22.3 Å². The molecule has 166 valence electrons. The zero-order chi connectivity index (χ0) is 22.5. The first-order chi connectivity index (χ1) is 15.3. The van der Waals surface area contributed by atoms with Crippen LogP contribution in [0.1, 0.15) is 59.2 Å². The predicted molar refractivity (Wildman–Crippen MR) is 115 cm³/mol. The fourth-order valence-electron chi connectivity index (χ4n) is 5.70. The Hall–Kier alpha value is -2.65. The molecule has 3 atom stereocenters. The third kappa shape index (κ3) is 2.33. The number of aliphatic hydroxyl groups excluding tert-OH is 1. The van der Waals surface area contributed by atoms with E-state index in [1.54, 1.807) is 24.5 Å². The van der Waals surface area contributed by atoms with Crippen LogP contribution < -0.4 is 11.3 Å². The largest absolute Gasteiger partial charge is 0.380 e. The Labute approximate surface area is 183 Å². The molecule has 3 aromatic rings. The van der Waals surface area contributed by atoms with Gasteiger partial charge in [-0.05, 0) is 48.9 Å². The van der Waals surface area contributed by atoms with Crippen molar-refractivity contribution in [3.63, 3.8) is 0 Å². The highest BCUT2D eigenvalue weighted by Gasteiger charge is 2.44. The Morgan fingerprint density at radius 2 is 2.12 bits per heavy atom. The molecule has 0 fully saturated rings. The van der Waals surface area contributed by atoms with Crippen LogP contribution in [-0.2, 0) is 29.9 Å². The second-order valence-electron chi connectivity index (χ2n) is 9.11. The van der Waals surface area contributed by atoms with Gasteiger partial charge in [-0.3, -0.25) is 4.79 Å². The van der Waals surface area contributed by atoms with Crippen molar-refractivity contribution in [2.75, 3.05) is 0 Å². The number of halogens is 1. The summed E-state index contributed by atoms with van der Waals surface area (Å²) in [6.07, 6.45) is 0.128. The second-order valence-corrected chi connectivity index (χ2v) is 9.11. The number of aryl methyl sites for hydroxylation is 1. The minimum Gasteiger partial charge on any atom is -0.380 e. The first-order valence-electron chi connectivity index (χ1n) is 11.0. The zero-order valence-electron chi connectivity index (χ0n) is 17.9. The van der Waals surface area contributed by atoms with Crippen LogP contribution in [0.4, 0.5) is 4.39 Å². The second kappa shape index (κ2) is 6.45. The first-order valence-corrected chi connectivity index (χ1v) is 11.0. The third-order valence-corrected chi connectivity index (χ3v) is 7.58. The first kappa shape index (κ1) is 20.0. The molecule has 1 unspecified atom stereocenters. The van der Waals surface area contributed by atoms with Gasteiger partial charge in [0.2, 0.25) is 0 Å². The van der Waals surface area contributed by atoms with Gasteiger partial charge in [-0.15, -0.1) is 0 Å². The molecule has 0 saturated carbocycles. The van der Waals surface area contributed by atoms with Gasteiger partial charge in [0.1, 0.15) is 11.4 Å². The molecule has 4 N–H and O–H groups in total. The summed E-state index contributed by atoms with van der Waals surface area (Å²) in [5, 5.41) is 22.3. The maximum Gasteiger partial charge on any atom is 0.257 e. The van der Waals surface area contributed by atoms with Gasteiger partial charge in [-0.25, -0.2) is 9.37 Å². The van der Waals surface area contributed by atoms with Gasteiger partial charge in [-0.2, -0.15) is 0 Å². The molecular formula is C24H24FN3O4. The van der Waals surface area contributed by atoms with E-state index in [9.17, 15) is 19.4 Å². The summed E-state index contributed by atoms with van der Waals surface area (Å²) in [7, 11) is 0. The van der Waals surface area contributed by atoms with E-state index in [1.165, 1.54) is 6.07 Å². The van der Waals surface area contributed by atoms with Gasteiger partial charge in [0.05, 0.1) is 30.1 Å². The molecule has 4 heterocycles. The fourth-order valence-corrected chi connectivity index (χ4v) is 5.70. The van der Waals surface area contributed by atoms with Crippen molar-refractivity contribution in [2.24, 2.45) is 5.73 Å². The molecule has 0 radical (unpaired) electrons. The molecule has 3 aliphatic rings. The summed E-state index contributed by atoms with van der Waals surface area (Å²) >= 11 is 0. The maximum atomic E-state index is 14.7. The molecule has 2 aromatic heterocycles. The van der Waals surface area contributed by atoms with Crippen molar-refractivity contribution in [3.05, 3.63) is 61.7 Å². The van der Waals surface area contributed by atoms with Gasteiger partial charge >= 0.3 is 0 Å². The summed E-state index contributed by atoms with van der Waals surface area (Å²) in [5.41, 5.74) is 10.3. The number of nitrogens with two attached hydrogens (primary N) is 1. The molecular weight excluding hydrogens is 413 g/mol. The molecule has 0 spiro atoms. The van der Waals surface area contributed by atoms with Crippen LogP contribution in [0, 0.1) is 12.7 Å². The highest BCUT2D eigenvalue weighted by atomic mass is 19.1. The number of fused-ring (bicyclic) bond motifs is 5. The molecule has 8 heteroatoms. The zero-order valence-corrected chi connectivity index (χ0v) is 17.9. The smallest absolute Gasteiger partial charge is 0.257 e. The minimum atomic E-state index is -1.69. The lowest BCUT2D eigenvalue weighted by Gasteiger charge is -2.37. The molecule has 7 nitrogen and oxygen atoms in total. The predicted octanol–water partition coefficient (Wildman–Crippen LogP) is 2.26. The summed E-state index contributed by atoms with van der Waals surface area (Å²) in [6.45, 7) is 3.74. The van der Waals surface area contributed by atoms with Crippen LogP contribution in [0.3, 0.4) is 0 Å². The quantitative estimate of drug-likeness (QED) is 0.421. The number of rotatable bonds is 1. The van der Waals surface area contributed by atoms with Crippen molar-refractivity contribution in [1.82, 2.24) is 9.55 Å². The van der Waals surface area contributed by atoms with Crippen LogP contribution in [-0.4, -0.2) is 26.1 Å². The number of ether oxygens (including phenoxy) is 1. The summed E-state index contributed by atoms with van der Waals surface area (Å²) in [5.74, 6) is -0.303. The average Bonchev–Trinajstić information content (AvgIpc) is 3.14. The number of pyridine rings is 2. The number of hydrogen-bond acceptors (Lipinski definition) is 6. The van der Waals surface area contributed by atoms with Gasteiger partial charge in [0.15, 0.2) is 6.29 Å². The van der Waals surface area contributed by atoms with E-state index in [4.69, 9.17) is 15.5 Å². The lowest BCUT2D eigenvalue weighted by Crippen LogP contribution is -2.47. The SMILES string of the molecule is CC[C@]1(O)c2cc3n(c(=O)c2COC1O)Cc1c-3nc2cc(F)c(C)c3c2c1[C@@H](N)CC3. The van der Waals surface area contributed by atoms with Crippen LogP contribution in [0.15, 0.2) is 16.9 Å². The number of aliphatic hydroxyl groups is 2. The Kier molecular flexibility index (Phi) is 4.03. The van der Waals surface area contributed by atoms with Crippen molar-refractivity contribution in [1.29, 1.82) is 0 Å². The molecule has 1 aliphatic carbocycles. The topological polar surface area (TPSA) is 111 Å². The molecule has 2 aliphatic heterocycles. The van der Waals surface area contributed by atoms with E-state index in [-0.39, 0.29) is 30.4 Å². The minimum absolute atomic E-state index is 0.0788. The van der Waals surface area contributed by atoms with Crippen LogP contribution >= 0.6 is 0 Å². The Bertz CT molecular complexity index is 1400. The number of benzene rings is 1. The van der Waals surface area contributed by atoms with Gasteiger partial charge in [-0.1, -0.05) is 6.92 Å². The van der Waals surface area contributed by atoms with E-state index in [0.29, 0.717) is 53.0 Å². The van der Waals surface area contributed by atoms with Crippen molar-refractivity contribution < 1.29 is 19.3 Å². The standard InChI is InChI=1S/C24H24FN3O4/c1-3-24(31)14-6-18-21-12(8-28(18)22(29)13(14)9-32-23(24)30)19-16(26)5-4-11-10(2)15(25)7-17(27-21)20(11)19/h6-7,16,23,30-31H,3-5,8-9,26H2,1-2H3/t16-,23?,24-/m0/s1. The van der Waals surface area contributed by atoms with E-state index < -0.39 is 11.9 Å². The Morgan fingerprint density at radius 1 is 1.34 bits per heavy atom. The number of hydrogen-bond donors (Lipinski definition) is 3. The summed E-state index contributed by atoms with van der Waals surface area (Å²) in [6, 6.07) is 2.93. The summed E-state index contributed by atoms with van der Waals surface area (Å²) < 4.78 is 21.6. The van der Waals surface area contributed by atoms with Crippen molar-refractivity contribution >= 4 is 10.9 Å². The number of nitrogens with zero attached hydrogens (tertiary/aromatic N) is 2. The van der Waals surface area contributed by atoms with E-state index in [2.05, 4.69) is 0 Å². The molecule has 0 saturated heterocycles. The van der Waals surface area contributed by atoms with E-state index in [1.807, 2.05) is 0 Å². The van der Waals surface area contributed by atoms with Crippen molar-refractivity contribution in [2.45, 2.75) is 64.2 Å². The third-order valence-electron chi connectivity index (χ3n) is 7.58. The average molecular weight is 437 g/mol. The van der Waals surface area contributed by atoms with Gasteiger partial charge < -0.3 is 25.3 Å².